The number of carbonyl (C=O) groups excluding carboxylic acids is 3. The number of anilines is 1. The lowest BCUT2D eigenvalue weighted by molar-refractivity contribution is -0.120. The Morgan fingerprint density at radius 1 is 1.04 bits per heavy atom. The summed E-state index contributed by atoms with van der Waals surface area (Å²) >= 11 is 0. The molecule has 24 heavy (non-hydrogen) atoms. The number of nitrogens with one attached hydrogen (secondary N) is 1. The van der Waals surface area contributed by atoms with Crippen LogP contribution < -0.4 is 5.32 Å². The summed E-state index contributed by atoms with van der Waals surface area (Å²) in [5.74, 6) is -0.641. The van der Waals surface area contributed by atoms with Crippen molar-refractivity contribution in [1.82, 2.24) is 0 Å². The van der Waals surface area contributed by atoms with E-state index in [0.717, 1.165) is 12.8 Å². The monoisotopic (exact) mass is 329 g/mol. The molecule has 1 amide bonds. The number of ether oxygens (including phenoxy) is 2. The van der Waals surface area contributed by atoms with Gasteiger partial charge in [0.15, 0.2) is 0 Å². The number of amides is 1. The van der Waals surface area contributed by atoms with Gasteiger partial charge in [0.05, 0.1) is 31.0 Å². The van der Waals surface area contributed by atoms with Gasteiger partial charge in [-0.2, -0.15) is 0 Å². The molecule has 0 aliphatic heterocycles. The van der Waals surface area contributed by atoms with E-state index in [1.165, 1.54) is 32.4 Å². The third kappa shape index (κ3) is 2.91. The standard InChI is InChI=1S/C18H19NO5/c1-23-17(21)12-5-6-13(18(22)24-2)15(9-12)19-16(20)14-8-10-3-4-11(14)7-10/h3-6,9-11,14H,7-8H2,1-2H3,(H,19,20). The Kier molecular flexibility index (Phi) is 4.38. The van der Waals surface area contributed by atoms with Crippen LogP contribution in [-0.2, 0) is 14.3 Å². The first kappa shape index (κ1) is 16.2. The van der Waals surface area contributed by atoms with Crippen molar-refractivity contribution in [3.8, 4) is 0 Å². The van der Waals surface area contributed by atoms with Gasteiger partial charge in [0, 0.05) is 5.92 Å². The van der Waals surface area contributed by atoms with Crippen LogP contribution in [0, 0.1) is 17.8 Å². The largest absolute Gasteiger partial charge is 0.465 e. The molecule has 3 unspecified atom stereocenters. The van der Waals surface area contributed by atoms with Gasteiger partial charge in [-0.15, -0.1) is 0 Å². The average Bonchev–Trinajstić information content (AvgIpc) is 3.23. The van der Waals surface area contributed by atoms with Gasteiger partial charge in [-0.3, -0.25) is 4.79 Å². The Bertz CT molecular complexity index is 724. The SMILES string of the molecule is COC(=O)c1ccc(C(=O)OC)c(NC(=O)C2CC3C=CC2C3)c1. The van der Waals surface area contributed by atoms with Gasteiger partial charge >= 0.3 is 11.9 Å². The number of esters is 2. The summed E-state index contributed by atoms with van der Waals surface area (Å²) < 4.78 is 9.43. The fraction of sp³-hybridized carbons (Fsp3) is 0.389. The zero-order chi connectivity index (χ0) is 17.3. The molecule has 1 aromatic carbocycles. The molecule has 6 heteroatoms. The summed E-state index contributed by atoms with van der Waals surface area (Å²) in [6, 6.07) is 4.36. The van der Waals surface area contributed by atoms with Crippen molar-refractivity contribution in [3.63, 3.8) is 0 Å². The first-order valence-electron chi connectivity index (χ1n) is 7.83. The third-order valence-electron chi connectivity index (χ3n) is 4.72. The molecule has 0 heterocycles. The average molecular weight is 329 g/mol. The van der Waals surface area contributed by atoms with E-state index in [9.17, 15) is 14.4 Å². The number of hydrogen-bond acceptors (Lipinski definition) is 5. The Morgan fingerprint density at radius 3 is 2.38 bits per heavy atom. The highest BCUT2D eigenvalue weighted by Gasteiger charge is 2.40. The summed E-state index contributed by atoms with van der Waals surface area (Å²) in [5, 5.41) is 2.79. The fourth-order valence-corrected chi connectivity index (χ4v) is 3.49. The van der Waals surface area contributed by atoms with E-state index >= 15 is 0 Å². The van der Waals surface area contributed by atoms with E-state index in [4.69, 9.17) is 4.74 Å². The number of benzene rings is 1. The van der Waals surface area contributed by atoms with Crippen LogP contribution in [0.15, 0.2) is 30.4 Å². The molecule has 6 nitrogen and oxygen atoms in total. The normalized spacial score (nSPS) is 23.8. The lowest BCUT2D eigenvalue weighted by atomic mass is 9.92. The summed E-state index contributed by atoms with van der Waals surface area (Å²) in [7, 11) is 2.54. The molecular weight excluding hydrogens is 310 g/mol. The van der Waals surface area contributed by atoms with Crippen LogP contribution in [0.5, 0.6) is 0 Å². The Hall–Kier alpha value is -2.63. The van der Waals surface area contributed by atoms with Crippen molar-refractivity contribution in [2.45, 2.75) is 12.8 Å². The highest BCUT2D eigenvalue weighted by molar-refractivity contribution is 6.04. The highest BCUT2D eigenvalue weighted by atomic mass is 16.5. The van der Waals surface area contributed by atoms with E-state index in [0.29, 0.717) is 5.92 Å². The van der Waals surface area contributed by atoms with Crippen molar-refractivity contribution in [2.24, 2.45) is 17.8 Å². The number of rotatable bonds is 4. The van der Waals surface area contributed by atoms with Gasteiger partial charge in [-0.1, -0.05) is 12.2 Å². The topological polar surface area (TPSA) is 81.7 Å². The molecule has 1 fully saturated rings. The summed E-state index contributed by atoms with van der Waals surface area (Å²) in [6.07, 6.45) is 6.07. The van der Waals surface area contributed by atoms with Gasteiger partial charge in [0.2, 0.25) is 5.91 Å². The third-order valence-corrected chi connectivity index (χ3v) is 4.72. The molecule has 3 atom stereocenters. The molecule has 2 aliphatic carbocycles. The molecule has 0 aromatic heterocycles. The predicted molar refractivity (Wildman–Crippen MR) is 86.6 cm³/mol. The summed E-state index contributed by atoms with van der Waals surface area (Å²) in [6.45, 7) is 0. The minimum absolute atomic E-state index is 0.104. The lowest BCUT2D eigenvalue weighted by Gasteiger charge is -2.19. The second-order valence-corrected chi connectivity index (χ2v) is 6.12. The van der Waals surface area contributed by atoms with Crippen LogP contribution in [0.2, 0.25) is 0 Å². The van der Waals surface area contributed by atoms with Crippen molar-refractivity contribution in [2.75, 3.05) is 19.5 Å². The smallest absolute Gasteiger partial charge is 0.339 e. The molecular formula is C18H19NO5. The molecule has 0 radical (unpaired) electrons. The molecule has 1 saturated carbocycles. The van der Waals surface area contributed by atoms with E-state index in [2.05, 4.69) is 22.2 Å². The number of allylic oxidation sites excluding steroid dienone is 2. The number of hydrogen-bond donors (Lipinski definition) is 1. The van der Waals surface area contributed by atoms with Gasteiger partial charge < -0.3 is 14.8 Å². The Balaban J connectivity index is 1.86. The first-order chi connectivity index (χ1) is 11.5. The van der Waals surface area contributed by atoms with Crippen LogP contribution in [0.3, 0.4) is 0 Å². The maximum absolute atomic E-state index is 12.6. The fourth-order valence-electron chi connectivity index (χ4n) is 3.49. The van der Waals surface area contributed by atoms with Crippen LogP contribution in [0.25, 0.3) is 0 Å². The first-order valence-corrected chi connectivity index (χ1v) is 7.83. The zero-order valence-corrected chi connectivity index (χ0v) is 13.6. The van der Waals surface area contributed by atoms with Crippen LogP contribution in [-0.4, -0.2) is 32.1 Å². The summed E-state index contributed by atoms with van der Waals surface area (Å²) in [5.41, 5.74) is 0.729. The molecule has 2 bridgehead atoms. The minimum Gasteiger partial charge on any atom is -0.465 e. The van der Waals surface area contributed by atoms with Crippen molar-refractivity contribution < 1.29 is 23.9 Å². The maximum Gasteiger partial charge on any atom is 0.339 e. The van der Waals surface area contributed by atoms with E-state index in [-0.39, 0.29) is 34.6 Å². The molecule has 1 aromatic rings. The van der Waals surface area contributed by atoms with E-state index in [1.54, 1.807) is 0 Å². The zero-order valence-electron chi connectivity index (χ0n) is 13.6. The van der Waals surface area contributed by atoms with Crippen LogP contribution in [0.4, 0.5) is 5.69 Å². The highest BCUT2D eigenvalue weighted by Crippen LogP contribution is 2.43. The van der Waals surface area contributed by atoms with Crippen molar-refractivity contribution >= 4 is 23.5 Å². The predicted octanol–water partition coefficient (Wildman–Crippen LogP) is 2.41. The molecule has 3 rings (SSSR count). The van der Waals surface area contributed by atoms with Gasteiger partial charge in [0.25, 0.3) is 0 Å². The van der Waals surface area contributed by atoms with Crippen molar-refractivity contribution in [3.05, 3.63) is 41.5 Å². The molecule has 2 aliphatic rings. The van der Waals surface area contributed by atoms with Crippen molar-refractivity contribution in [1.29, 1.82) is 0 Å². The minimum atomic E-state index is -0.574. The number of fused-ring (bicyclic) bond motifs is 2. The second-order valence-electron chi connectivity index (χ2n) is 6.12. The summed E-state index contributed by atoms with van der Waals surface area (Å²) in [4.78, 5) is 36.2. The van der Waals surface area contributed by atoms with Gasteiger partial charge in [-0.05, 0) is 42.9 Å². The molecule has 126 valence electrons. The van der Waals surface area contributed by atoms with Crippen LogP contribution >= 0.6 is 0 Å². The maximum atomic E-state index is 12.6. The van der Waals surface area contributed by atoms with Gasteiger partial charge in [-0.25, -0.2) is 9.59 Å². The number of methoxy groups -OCH3 is 2. The Labute approximate surface area is 139 Å². The lowest BCUT2D eigenvalue weighted by Crippen LogP contribution is -2.27. The molecule has 1 N–H and O–H groups in total. The quantitative estimate of drug-likeness (QED) is 0.677. The van der Waals surface area contributed by atoms with E-state index < -0.39 is 11.9 Å². The Morgan fingerprint density at radius 2 is 1.79 bits per heavy atom. The molecule has 0 spiro atoms. The molecule has 0 saturated heterocycles. The van der Waals surface area contributed by atoms with E-state index in [1.807, 2.05) is 0 Å². The van der Waals surface area contributed by atoms with Gasteiger partial charge in [0.1, 0.15) is 0 Å². The number of carbonyl (C=O) groups is 3. The second kappa shape index (κ2) is 6.47. The van der Waals surface area contributed by atoms with Crippen LogP contribution in [0.1, 0.15) is 33.6 Å².